The second kappa shape index (κ2) is 5.44. The van der Waals surface area contributed by atoms with Crippen LogP contribution in [0, 0.1) is 5.92 Å². The minimum absolute atomic E-state index is 0.0400. The van der Waals surface area contributed by atoms with Crippen molar-refractivity contribution < 1.29 is 13.2 Å². The van der Waals surface area contributed by atoms with Crippen LogP contribution in [0.1, 0.15) is 12.8 Å². The molecule has 0 bridgehead atoms. The van der Waals surface area contributed by atoms with Crippen molar-refractivity contribution in [1.82, 2.24) is 9.29 Å². The highest BCUT2D eigenvalue weighted by molar-refractivity contribution is 7.89. The van der Waals surface area contributed by atoms with Crippen LogP contribution in [0.4, 0.5) is 0 Å². The number of rotatable bonds is 3. The van der Waals surface area contributed by atoms with E-state index in [1.807, 2.05) is 0 Å². The predicted molar refractivity (Wildman–Crippen MR) is 69.9 cm³/mol. The minimum atomic E-state index is -3.73. The lowest BCUT2D eigenvalue weighted by Crippen LogP contribution is -2.44. The maximum atomic E-state index is 12.4. The first-order valence-corrected chi connectivity index (χ1v) is 7.64. The lowest BCUT2D eigenvalue weighted by Gasteiger charge is -2.30. The predicted octanol–water partition coefficient (Wildman–Crippen LogP) is 0.621. The summed E-state index contributed by atoms with van der Waals surface area (Å²) < 4.78 is 26.1. The van der Waals surface area contributed by atoms with Gasteiger partial charge in [0.15, 0.2) is 0 Å². The molecule has 1 aliphatic heterocycles. The molecule has 1 aromatic heterocycles. The molecular weight excluding hydrogens is 290 g/mol. The SMILES string of the molecule is NC(=O)C1CCCN(S(=O)(=O)c2cccnc2Cl)C1. The first-order valence-electron chi connectivity index (χ1n) is 5.83. The van der Waals surface area contributed by atoms with Gasteiger partial charge in [-0.25, -0.2) is 13.4 Å². The zero-order valence-electron chi connectivity index (χ0n) is 10.1. The van der Waals surface area contributed by atoms with E-state index < -0.39 is 21.8 Å². The fraction of sp³-hybridized carbons (Fsp3) is 0.455. The number of aromatic nitrogens is 1. The Morgan fingerprint density at radius 2 is 2.26 bits per heavy atom. The van der Waals surface area contributed by atoms with Gasteiger partial charge in [-0.2, -0.15) is 4.31 Å². The smallest absolute Gasteiger partial charge is 0.246 e. The molecule has 0 saturated carbocycles. The van der Waals surface area contributed by atoms with Crippen molar-refractivity contribution in [1.29, 1.82) is 0 Å². The topological polar surface area (TPSA) is 93.4 Å². The molecule has 2 heterocycles. The van der Waals surface area contributed by atoms with Crippen LogP contribution in [0.15, 0.2) is 23.2 Å². The molecule has 2 N–H and O–H groups in total. The number of nitrogens with two attached hydrogens (primary N) is 1. The first kappa shape index (κ1) is 14.2. The molecule has 0 radical (unpaired) electrons. The van der Waals surface area contributed by atoms with Crippen LogP contribution in [0.2, 0.25) is 5.15 Å². The summed E-state index contributed by atoms with van der Waals surface area (Å²) in [5, 5.41) is -0.0660. The van der Waals surface area contributed by atoms with Crippen molar-refractivity contribution in [2.75, 3.05) is 13.1 Å². The van der Waals surface area contributed by atoms with Crippen molar-refractivity contribution in [3.05, 3.63) is 23.5 Å². The third-order valence-electron chi connectivity index (χ3n) is 3.13. The Kier molecular flexibility index (Phi) is 4.07. The lowest BCUT2D eigenvalue weighted by atomic mass is 9.99. The maximum Gasteiger partial charge on any atom is 0.246 e. The van der Waals surface area contributed by atoms with Crippen molar-refractivity contribution in [3.8, 4) is 0 Å². The third-order valence-corrected chi connectivity index (χ3v) is 5.44. The molecule has 6 nitrogen and oxygen atoms in total. The summed E-state index contributed by atoms with van der Waals surface area (Å²) in [5.41, 5.74) is 5.24. The van der Waals surface area contributed by atoms with Gasteiger partial charge in [0, 0.05) is 19.3 Å². The number of carbonyl (C=O) groups excluding carboxylic acids is 1. The number of primary amides is 1. The highest BCUT2D eigenvalue weighted by Gasteiger charge is 2.33. The number of amides is 1. The number of halogens is 1. The molecule has 19 heavy (non-hydrogen) atoms. The number of hydrogen-bond donors (Lipinski definition) is 1. The number of sulfonamides is 1. The Hall–Kier alpha value is -1.18. The Bertz CT molecular complexity index is 591. The van der Waals surface area contributed by atoms with E-state index in [0.29, 0.717) is 19.4 Å². The monoisotopic (exact) mass is 303 g/mol. The number of hydrogen-bond acceptors (Lipinski definition) is 4. The van der Waals surface area contributed by atoms with E-state index in [1.165, 1.54) is 22.6 Å². The standard InChI is InChI=1S/C11H14ClN3O3S/c12-10-9(4-1-5-14-10)19(17,18)15-6-2-3-8(7-15)11(13)16/h1,4-5,8H,2-3,6-7H2,(H2,13,16). The molecule has 1 aliphatic rings. The Morgan fingerprint density at radius 1 is 1.53 bits per heavy atom. The summed E-state index contributed by atoms with van der Waals surface area (Å²) in [6.07, 6.45) is 2.64. The molecule has 104 valence electrons. The zero-order valence-corrected chi connectivity index (χ0v) is 11.7. The molecule has 1 saturated heterocycles. The van der Waals surface area contributed by atoms with Crippen molar-refractivity contribution >= 4 is 27.5 Å². The molecule has 1 atom stereocenters. The van der Waals surface area contributed by atoms with Gasteiger partial charge >= 0.3 is 0 Å². The summed E-state index contributed by atoms with van der Waals surface area (Å²) in [6.45, 7) is 0.459. The van der Waals surface area contributed by atoms with E-state index in [-0.39, 0.29) is 16.6 Å². The molecule has 8 heteroatoms. The lowest BCUT2D eigenvalue weighted by molar-refractivity contribution is -0.122. The third kappa shape index (κ3) is 2.88. The summed E-state index contributed by atoms with van der Waals surface area (Å²) in [4.78, 5) is 14.9. The first-order chi connectivity index (χ1) is 8.93. The molecule has 0 spiro atoms. The number of piperidine rings is 1. The van der Waals surface area contributed by atoms with E-state index in [1.54, 1.807) is 0 Å². The van der Waals surface area contributed by atoms with E-state index in [0.717, 1.165) is 0 Å². The van der Waals surface area contributed by atoms with E-state index in [9.17, 15) is 13.2 Å². The van der Waals surface area contributed by atoms with Gasteiger partial charge in [0.05, 0.1) is 5.92 Å². The second-order valence-electron chi connectivity index (χ2n) is 4.40. The summed E-state index contributed by atoms with van der Waals surface area (Å²) in [7, 11) is -3.73. The van der Waals surface area contributed by atoms with Crippen LogP contribution >= 0.6 is 11.6 Å². The van der Waals surface area contributed by atoms with Crippen molar-refractivity contribution in [2.45, 2.75) is 17.7 Å². The zero-order chi connectivity index (χ0) is 14.0. The normalized spacial score (nSPS) is 21.2. The molecule has 2 rings (SSSR count). The van der Waals surface area contributed by atoms with Crippen molar-refractivity contribution in [2.24, 2.45) is 11.7 Å². The van der Waals surface area contributed by atoms with Gasteiger partial charge in [-0.3, -0.25) is 4.79 Å². The Balaban J connectivity index is 2.30. The summed E-state index contributed by atoms with van der Waals surface area (Å²) in [5.74, 6) is -0.920. The number of pyridine rings is 1. The van der Waals surface area contributed by atoms with E-state index in [4.69, 9.17) is 17.3 Å². The van der Waals surface area contributed by atoms with Gasteiger partial charge in [0.25, 0.3) is 0 Å². The molecule has 1 amide bonds. The van der Waals surface area contributed by atoms with Gasteiger partial charge < -0.3 is 5.73 Å². The van der Waals surface area contributed by atoms with Crippen LogP contribution in [-0.2, 0) is 14.8 Å². The van der Waals surface area contributed by atoms with Gasteiger partial charge in [-0.1, -0.05) is 11.6 Å². The average molecular weight is 304 g/mol. The Morgan fingerprint density at radius 3 is 2.89 bits per heavy atom. The molecule has 1 unspecified atom stereocenters. The molecular formula is C11H14ClN3O3S. The quantitative estimate of drug-likeness (QED) is 0.828. The maximum absolute atomic E-state index is 12.4. The van der Waals surface area contributed by atoms with E-state index in [2.05, 4.69) is 4.98 Å². The van der Waals surface area contributed by atoms with Crippen LogP contribution in [0.25, 0.3) is 0 Å². The van der Waals surface area contributed by atoms with Gasteiger partial charge in [-0.05, 0) is 25.0 Å². The molecule has 0 aromatic carbocycles. The molecule has 0 aliphatic carbocycles. The molecule has 1 fully saturated rings. The van der Waals surface area contributed by atoms with Gasteiger partial charge in [0.2, 0.25) is 15.9 Å². The largest absolute Gasteiger partial charge is 0.369 e. The van der Waals surface area contributed by atoms with Crippen LogP contribution in [-0.4, -0.2) is 36.7 Å². The summed E-state index contributed by atoms with van der Waals surface area (Å²) >= 11 is 5.82. The second-order valence-corrected chi connectivity index (χ2v) is 6.66. The minimum Gasteiger partial charge on any atom is -0.369 e. The van der Waals surface area contributed by atoms with Gasteiger partial charge in [0.1, 0.15) is 10.0 Å². The highest BCUT2D eigenvalue weighted by Crippen LogP contribution is 2.26. The fourth-order valence-electron chi connectivity index (χ4n) is 2.10. The van der Waals surface area contributed by atoms with E-state index >= 15 is 0 Å². The number of nitrogens with zero attached hydrogens (tertiary/aromatic N) is 2. The number of carbonyl (C=O) groups is 1. The van der Waals surface area contributed by atoms with Crippen LogP contribution in [0.3, 0.4) is 0 Å². The van der Waals surface area contributed by atoms with Gasteiger partial charge in [-0.15, -0.1) is 0 Å². The van der Waals surface area contributed by atoms with Crippen molar-refractivity contribution in [3.63, 3.8) is 0 Å². The van der Waals surface area contributed by atoms with Crippen LogP contribution in [0.5, 0.6) is 0 Å². The highest BCUT2D eigenvalue weighted by atomic mass is 35.5. The fourth-order valence-corrected chi connectivity index (χ4v) is 4.05. The van der Waals surface area contributed by atoms with Crippen LogP contribution < -0.4 is 5.73 Å². The molecule has 1 aromatic rings. The summed E-state index contributed by atoms with van der Waals surface area (Å²) in [6, 6.07) is 2.91. The average Bonchev–Trinajstić information content (AvgIpc) is 2.39. The Labute approximate surface area is 116 Å².